The molecule has 0 aliphatic heterocycles. The van der Waals surface area contributed by atoms with Crippen molar-refractivity contribution in [3.05, 3.63) is 29.8 Å². The third-order valence-electron chi connectivity index (χ3n) is 2.78. The second-order valence-corrected chi connectivity index (χ2v) is 4.90. The summed E-state index contributed by atoms with van der Waals surface area (Å²) in [6.07, 6.45) is 1.33. The van der Waals surface area contributed by atoms with E-state index in [0.717, 1.165) is 25.3 Å². The molecule has 19 heavy (non-hydrogen) atoms. The van der Waals surface area contributed by atoms with E-state index >= 15 is 0 Å². The SMILES string of the molecule is CCCNC(COCC)c1ccc(OC(C)C)cc1. The van der Waals surface area contributed by atoms with Gasteiger partial charge in [-0.3, -0.25) is 0 Å². The van der Waals surface area contributed by atoms with Crippen LogP contribution in [0.3, 0.4) is 0 Å². The Morgan fingerprint density at radius 2 is 1.79 bits per heavy atom. The molecular formula is C16H27NO2. The summed E-state index contributed by atoms with van der Waals surface area (Å²) in [5.41, 5.74) is 1.25. The lowest BCUT2D eigenvalue weighted by molar-refractivity contribution is 0.123. The fourth-order valence-corrected chi connectivity index (χ4v) is 1.88. The summed E-state index contributed by atoms with van der Waals surface area (Å²) in [5, 5.41) is 3.51. The largest absolute Gasteiger partial charge is 0.491 e. The first-order valence-corrected chi connectivity index (χ1v) is 7.25. The fraction of sp³-hybridized carbons (Fsp3) is 0.625. The molecule has 3 heteroatoms. The molecule has 0 aromatic heterocycles. The van der Waals surface area contributed by atoms with Crippen molar-refractivity contribution < 1.29 is 9.47 Å². The maximum absolute atomic E-state index is 5.66. The summed E-state index contributed by atoms with van der Waals surface area (Å²) in [5.74, 6) is 0.921. The summed E-state index contributed by atoms with van der Waals surface area (Å²) >= 11 is 0. The first-order chi connectivity index (χ1) is 9.17. The molecule has 1 aromatic rings. The third kappa shape index (κ3) is 6.08. The predicted octanol–water partition coefficient (Wildman–Crippen LogP) is 3.55. The average Bonchev–Trinajstić information content (AvgIpc) is 2.39. The Morgan fingerprint density at radius 3 is 2.32 bits per heavy atom. The maximum Gasteiger partial charge on any atom is 0.119 e. The van der Waals surface area contributed by atoms with E-state index in [9.17, 15) is 0 Å². The lowest BCUT2D eigenvalue weighted by Crippen LogP contribution is -2.26. The van der Waals surface area contributed by atoms with Crippen LogP contribution in [0, 0.1) is 0 Å². The minimum absolute atomic E-state index is 0.211. The van der Waals surface area contributed by atoms with Crippen molar-refractivity contribution in [1.29, 1.82) is 0 Å². The first kappa shape index (κ1) is 16.0. The van der Waals surface area contributed by atoms with E-state index < -0.39 is 0 Å². The van der Waals surface area contributed by atoms with Crippen LogP contribution < -0.4 is 10.1 Å². The highest BCUT2D eigenvalue weighted by molar-refractivity contribution is 5.29. The molecule has 0 spiro atoms. The minimum atomic E-state index is 0.211. The molecule has 0 bridgehead atoms. The summed E-state index contributed by atoms with van der Waals surface area (Å²) in [6, 6.07) is 8.55. The molecule has 3 nitrogen and oxygen atoms in total. The molecule has 0 saturated heterocycles. The van der Waals surface area contributed by atoms with Gasteiger partial charge >= 0.3 is 0 Å². The van der Waals surface area contributed by atoms with Gasteiger partial charge in [0.05, 0.1) is 18.8 Å². The average molecular weight is 265 g/mol. The fourth-order valence-electron chi connectivity index (χ4n) is 1.88. The third-order valence-corrected chi connectivity index (χ3v) is 2.78. The first-order valence-electron chi connectivity index (χ1n) is 7.25. The van der Waals surface area contributed by atoms with Gasteiger partial charge in [-0.15, -0.1) is 0 Å². The lowest BCUT2D eigenvalue weighted by Gasteiger charge is -2.19. The number of nitrogens with one attached hydrogen (secondary N) is 1. The predicted molar refractivity (Wildman–Crippen MR) is 79.7 cm³/mol. The van der Waals surface area contributed by atoms with Crippen molar-refractivity contribution in [2.24, 2.45) is 0 Å². The van der Waals surface area contributed by atoms with E-state index in [0.29, 0.717) is 6.61 Å². The summed E-state index contributed by atoms with van der Waals surface area (Å²) in [7, 11) is 0. The van der Waals surface area contributed by atoms with Crippen LogP contribution in [0.2, 0.25) is 0 Å². The zero-order valence-corrected chi connectivity index (χ0v) is 12.6. The van der Waals surface area contributed by atoms with E-state index in [1.807, 2.05) is 32.9 Å². The highest BCUT2D eigenvalue weighted by atomic mass is 16.5. The Balaban J connectivity index is 2.66. The van der Waals surface area contributed by atoms with Crippen LogP contribution >= 0.6 is 0 Å². The number of hydrogen-bond donors (Lipinski definition) is 1. The molecule has 0 saturated carbocycles. The van der Waals surface area contributed by atoms with Crippen LogP contribution in [0.25, 0.3) is 0 Å². The zero-order chi connectivity index (χ0) is 14.1. The topological polar surface area (TPSA) is 30.5 Å². The Kier molecular flexibility index (Phi) is 7.53. The van der Waals surface area contributed by atoms with Gasteiger partial charge in [-0.25, -0.2) is 0 Å². The molecule has 0 heterocycles. The molecule has 108 valence electrons. The molecule has 1 atom stereocenters. The van der Waals surface area contributed by atoms with Crippen molar-refractivity contribution in [2.45, 2.75) is 46.3 Å². The maximum atomic E-state index is 5.66. The molecule has 0 aliphatic rings. The number of rotatable bonds is 9. The molecule has 1 N–H and O–H groups in total. The standard InChI is InChI=1S/C16H27NO2/c1-5-11-17-16(12-18-6-2)14-7-9-15(10-8-14)19-13(3)4/h7-10,13,16-17H,5-6,11-12H2,1-4H3. The summed E-state index contributed by atoms with van der Waals surface area (Å²) in [6.45, 7) is 10.7. The van der Waals surface area contributed by atoms with Crippen molar-refractivity contribution in [2.75, 3.05) is 19.8 Å². The van der Waals surface area contributed by atoms with E-state index in [2.05, 4.69) is 24.4 Å². The van der Waals surface area contributed by atoms with Crippen LogP contribution in [0.15, 0.2) is 24.3 Å². The molecule has 1 aromatic carbocycles. The summed E-state index contributed by atoms with van der Waals surface area (Å²) < 4.78 is 11.2. The van der Waals surface area contributed by atoms with Gasteiger partial charge in [0, 0.05) is 6.61 Å². The van der Waals surface area contributed by atoms with Gasteiger partial charge in [-0.1, -0.05) is 19.1 Å². The second-order valence-electron chi connectivity index (χ2n) is 4.90. The van der Waals surface area contributed by atoms with Gasteiger partial charge < -0.3 is 14.8 Å². The van der Waals surface area contributed by atoms with Crippen LogP contribution in [-0.4, -0.2) is 25.9 Å². The molecule has 1 rings (SSSR count). The smallest absolute Gasteiger partial charge is 0.119 e. The highest BCUT2D eigenvalue weighted by Crippen LogP contribution is 2.19. The van der Waals surface area contributed by atoms with Gasteiger partial charge in [0.1, 0.15) is 5.75 Å². The van der Waals surface area contributed by atoms with Gasteiger partial charge in [-0.2, -0.15) is 0 Å². The monoisotopic (exact) mass is 265 g/mol. The highest BCUT2D eigenvalue weighted by Gasteiger charge is 2.10. The van der Waals surface area contributed by atoms with E-state index in [1.165, 1.54) is 5.56 Å². The van der Waals surface area contributed by atoms with Crippen LogP contribution in [0.4, 0.5) is 0 Å². The van der Waals surface area contributed by atoms with Crippen LogP contribution in [0.5, 0.6) is 5.75 Å². The Labute approximate surface area is 117 Å². The Bertz CT molecular complexity index is 327. The summed E-state index contributed by atoms with van der Waals surface area (Å²) in [4.78, 5) is 0. The van der Waals surface area contributed by atoms with Crippen LogP contribution in [-0.2, 0) is 4.74 Å². The molecule has 0 amide bonds. The quantitative estimate of drug-likeness (QED) is 0.740. The van der Waals surface area contributed by atoms with Crippen LogP contribution in [0.1, 0.15) is 45.7 Å². The Morgan fingerprint density at radius 1 is 1.11 bits per heavy atom. The minimum Gasteiger partial charge on any atom is -0.491 e. The van der Waals surface area contributed by atoms with E-state index in [-0.39, 0.29) is 12.1 Å². The molecule has 1 unspecified atom stereocenters. The number of benzene rings is 1. The normalized spacial score (nSPS) is 12.7. The molecule has 0 radical (unpaired) electrons. The van der Waals surface area contributed by atoms with Gasteiger partial charge in [0.25, 0.3) is 0 Å². The van der Waals surface area contributed by atoms with Crippen molar-refractivity contribution in [1.82, 2.24) is 5.32 Å². The van der Waals surface area contributed by atoms with Gasteiger partial charge in [-0.05, 0) is 51.4 Å². The van der Waals surface area contributed by atoms with Crippen molar-refractivity contribution in [3.63, 3.8) is 0 Å². The second kappa shape index (κ2) is 8.94. The van der Waals surface area contributed by atoms with Crippen molar-refractivity contribution >= 4 is 0 Å². The molecule has 0 fully saturated rings. The van der Waals surface area contributed by atoms with Gasteiger partial charge in [0.2, 0.25) is 0 Å². The van der Waals surface area contributed by atoms with E-state index in [1.54, 1.807) is 0 Å². The number of ether oxygens (including phenoxy) is 2. The molecule has 0 aliphatic carbocycles. The van der Waals surface area contributed by atoms with Crippen molar-refractivity contribution in [3.8, 4) is 5.75 Å². The van der Waals surface area contributed by atoms with E-state index in [4.69, 9.17) is 9.47 Å². The molecular weight excluding hydrogens is 238 g/mol. The van der Waals surface area contributed by atoms with Gasteiger partial charge in [0.15, 0.2) is 0 Å². The lowest BCUT2D eigenvalue weighted by atomic mass is 10.1. The Hall–Kier alpha value is -1.06. The zero-order valence-electron chi connectivity index (χ0n) is 12.6. The number of hydrogen-bond acceptors (Lipinski definition) is 3.